The number of nitrogens with zero attached hydrogens (tertiary/aromatic N) is 1. The lowest BCUT2D eigenvalue weighted by Gasteiger charge is -2.20. The van der Waals surface area contributed by atoms with Gasteiger partial charge in [-0.15, -0.1) is 11.3 Å². The smallest absolute Gasteiger partial charge is 0.125 e. The lowest BCUT2D eigenvalue weighted by Crippen LogP contribution is -2.35. The van der Waals surface area contributed by atoms with Crippen molar-refractivity contribution in [3.63, 3.8) is 0 Å². The van der Waals surface area contributed by atoms with Crippen LogP contribution >= 0.6 is 11.3 Å². The molecule has 104 valence electrons. The van der Waals surface area contributed by atoms with Gasteiger partial charge in [-0.25, -0.2) is 4.98 Å². The molecule has 0 aliphatic heterocycles. The maximum absolute atomic E-state index is 5.51. The highest BCUT2D eigenvalue weighted by molar-refractivity contribution is 7.11. The Morgan fingerprint density at radius 3 is 2.28 bits per heavy atom. The van der Waals surface area contributed by atoms with Crippen molar-refractivity contribution in [2.45, 2.75) is 65.6 Å². The van der Waals surface area contributed by atoms with Crippen LogP contribution in [0.3, 0.4) is 0 Å². The van der Waals surface area contributed by atoms with E-state index in [4.69, 9.17) is 9.72 Å². The lowest BCUT2D eigenvalue weighted by molar-refractivity contribution is 0.0189. The van der Waals surface area contributed by atoms with Gasteiger partial charge in [0, 0.05) is 24.1 Å². The highest BCUT2D eigenvalue weighted by Crippen LogP contribution is 2.30. The van der Waals surface area contributed by atoms with Crippen molar-refractivity contribution >= 4 is 11.3 Å². The van der Waals surface area contributed by atoms with E-state index < -0.39 is 0 Å². The van der Waals surface area contributed by atoms with Crippen LogP contribution < -0.4 is 5.32 Å². The summed E-state index contributed by atoms with van der Waals surface area (Å²) < 4.78 is 5.51. The molecule has 1 aromatic rings. The molecule has 0 fully saturated rings. The third-order valence-corrected chi connectivity index (χ3v) is 4.32. The van der Waals surface area contributed by atoms with Gasteiger partial charge in [0.15, 0.2) is 0 Å². The Labute approximate surface area is 115 Å². The maximum atomic E-state index is 5.51. The number of nitrogens with one attached hydrogen (secondary N) is 1. The first-order valence-corrected chi connectivity index (χ1v) is 7.30. The Bertz CT molecular complexity index is 391. The second-order valence-electron chi connectivity index (χ2n) is 6.06. The van der Waals surface area contributed by atoms with E-state index in [1.807, 2.05) is 0 Å². The number of hydrogen-bond acceptors (Lipinski definition) is 4. The van der Waals surface area contributed by atoms with Crippen LogP contribution in [0.2, 0.25) is 0 Å². The SMILES string of the molecule is CCc1nc(C(C)(C)OC)sc1CNC(C)(C)C. The molecule has 1 heterocycles. The zero-order chi connectivity index (χ0) is 14.0. The minimum absolute atomic E-state index is 0.131. The van der Waals surface area contributed by atoms with Crippen molar-refractivity contribution in [3.8, 4) is 0 Å². The summed E-state index contributed by atoms with van der Waals surface area (Å²) in [5.74, 6) is 0. The highest BCUT2D eigenvalue weighted by Gasteiger charge is 2.25. The molecule has 18 heavy (non-hydrogen) atoms. The van der Waals surface area contributed by atoms with Crippen LogP contribution in [0, 0.1) is 0 Å². The Morgan fingerprint density at radius 1 is 1.22 bits per heavy atom. The van der Waals surface area contributed by atoms with Crippen molar-refractivity contribution in [3.05, 3.63) is 15.6 Å². The lowest BCUT2D eigenvalue weighted by atomic mass is 10.1. The average Bonchev–Trinajstić information content (AvgIpc) is 2.69. The molecule has 0 aliphatic rings. The van der Waals surface area contributed by atoms with Crippen molar-refractivity contribution in [2.75, 3.05) is 7.11 Å². The van der Waals surface area contributed by atoms with Crippen LogP contribution in [0.5, 0.6) is 0 Å². The molecule has 1 rings (SSSR count). The van der Waals surface area contributed by atoms with E-state index >= 15 is 0 Å². The van der Waals surface area contributed by atoms with Gasteiger partial charge in [-0.2, -0.15) is 0 Å². The molecule has 0 atom stereocenters. The van der Waals surface area contributed by atoms with E-state index in [2.05, 4.69) is 46.9 Å². The molecule has 0 aromatic carbocycles. The molecule has 0 aliphatic carbocycles. The summed E-state index contributed by atoms with van der Waals surface area (Å²) in [5.41, 5.74) is 1.03. The van der Waals surface area contributed by atoms with Crippen LogP contribution in [-0.4, -0.2) is 17.6 Å². The summed E-state index contributed by atoms with van der Waals surface area (Å²) in [5, 5.41) is 4.59. The van der Waals surface area contributed by atoms with E-state index in [1.54, 1.807) is 18.4 Å². The van der Waals surface area contributed by atoms with Gasteiger partial charge in [-0.05, 0) is 41.0 Å². The summed E-state index contributed by atoms with van der Waals surface area (Å²) in [6, 6.07) is 0. The molecule has 1 aromatic heterocycles. The summed E-state index contributed by atoms with van der Waals surface area (Å²) in [6.45, 7) is 13.7. The van der Waals surface area contributed by atoms with Crippen LogP contribution in [0.4, 0.5) is 0 Å². The molecule has 0 radical (unpaired) electrons. The van der Waals surface area contributed by atoms with Gasteiger partial charge in [-0.3, -0.25) is 0 Å². The molecule has 0 unspecified atom stereocenters. The van der Waals surface area contributed by atoms with E-state index in [-0.39, 0.29) is 11.1 Å². The first kappa shape index (κ1) is 15.6. The summed E-state index contributed by atoms with van der Waals surface area (Å²) in [6.07, 6.45) is 0.970. The fraction of sp³-hybridized carbons (Fsp3) is 0.786. The van der Waals surface area contributed by atoms with E-state index in [0.717, 1.165) is 18.0 Å². The minimum Gasteiger partial charge on any atom is -0.372 e. The summed E-state index contributed by atoms with van der Waals surface area (Å²) in [7, 11) is 1.74. The van der Waals surface area contributed by atoms with E-state index in [0.29, 0.717) is 0 Å². The van der Waals surface area contributed by atoms with Gasteiger partial charge in [0.05, 0.1) is 5.69 Å². The minimum atomic E-state index is -0.297. The number of aromatic nitrogens is 1. The van der Waals surface area contributed by atoms with Crippen LogP contribution in [0.25, 0.3) is 0 Å². The molecule has 4 heteroatoms. The number of hydrogen-bond donors (Lipinski definition) is 1. The summed E-state index contributed by atoms with van der Waals surface area (Å²) in [4.78, 5) is 6.05. The predicted octanol–water partition coefficient (Wildman–Crippen LogP) is 3.48. The van der Waals surface area contributed by atoms with Gasteiger partial charge in [0.1, 0.15) is 10.6 Å². The Balaban J connectivity index is 2.92. The van der Waals surface area contributed by atoms with Gasteiger partial charge >= 0.3 is 0 Å². The van der Waals surface area contributed by atoms with E-state index in [1.165, 1.54) is 10.6 Å². The second kappa shape index (κ2) is 5.68. The van der Waals surface area contributed by atoms with Crippen LogP contribution in [0.15, 0.2) is 0 Å². The Kier molecular flexibility index (Phi) is 4.92. The second-order valence-corrected chi connectivity index (χ2v) is 7.14. The topological polar surface area (TPSA) is 34.1 Å². The monoisotopic (exact) mass is 270 g/mol. The normalized spacial score (nSPS) is 13.1. The predicted molar refractivity (Wildman–Crippen MR) is 78.1 cm³/mol. The quantitative estimate of drug-likeness (QED) is 0.889. The molecular weight excluding hydrogens is 244 g/mol. The standard InChI is InChI=1S/C14H26N2OS/c1-8-10-11(9-15-13(2,3)4)18-12(16-10)14(5,6)17-7/h15H,8-9H2,1-7H3. The number of rotatable bonds is 5. The third kappa shape index (κ3) is 4.04. The van der Waals surface area contributed by atoms with Crippen molar-refractivity contribution < 1.29 is 4.74 Å². The average molecular weight is 270 g/mol. The largest absolute Gasteiger partial charge is 0.372 e. The highest BCUT2D eigenvalue weighted by atomic mass is 32.1. The fourth-order valence-electron chi connectivity index (χ4n) is 1.49. The molecular formula is C14H26N2OS. The van der Waals surface area contributed by atoms with Gasteiger partial charge in [0.25, 0.3) is 0 Å². The van der Waals surface area contributed by atoms with Crippen LogP contribution in [0.1, 0.15) is 57.1 Å². The van der Waals surface area contributed by atoms with Gasteiger partial charge < -0.3 is 10.1 Å². The van der Waals surface area contributed by atoms with Crippen LogP contribution in [-0.2, 0) is 23.3 Å². The van der Waals surface area contributed by atoms with E-state index in [9.17, 15) is 0 Å². The number of ether oxygens (including phenoxy) is 1. The Hall–Kier alpha value is -0.450. The van der Waals surface area contributed by atoms with Gasteiger partial charge in [-0.1, -0.05) is 6.92 Å². The molecule has 0 amide bonds. The molecule has 0 saturated heterocycles. The third-order valence-electron chi connectivity index (χ3n) is 2.92. The Morgan fingerprint density at radius 2 is 1.83 bits per heavy atom. The molecule has 0 spiro atoms. The first-order chi connectivity index (χ1) is 8.19. The fourth-order valence-corrected chi connectivity index (χ4v) is 2.66. The molecule has 3 nitrogen and oxygen atoms in total. The molecule has 0 saturated carbocycles. The zero-order valence-electron chi connectivity index (χ0n) is 12.7. The summed E-state index contributed by atoms with van der Waals surface area (Å²) >= 11 is 1.76. The molecule has 1 N–H and O–H groups in total. The number of aryl methyl sites for hydroxylation is 1. The number of methoxy groups -OCH3 is 1. The van der Waals surface area contributed by atoms with Crippen molar-refractivity contribution in [1.29, 1.82) is 0 Å². The van der Waals surface area contributed by atoms with Crippen molar-refractivity contribution in [1.82, 2.24) is 10.3 Å². The zero-order valence-corrected chi connectivity index (χ0v) is 13.5. The van der Waals surface area contributed by atoms with Gasteiger partial charge in [0.2, 0.25) is 0 Å². The first-order valence-electron chi connectivity index (χ1n) is 6.49. The number of thiazole rings is 1. The molecule has 0 bridgehead atoms. The van der Waals surface area contributed by atoms with Crippen molar-refractivity contribution in [2.24, 2.45) is 0 Å². The maximum Gasteiger partial charge on any atom is 0.125 e.